The lowest BCUT2D eigenvalue weighted by Crippen LogP contribution is -1.82. The Morgan fingerprint density at radius 3 is 2.20 bits per heavy atom. The van der Waals surface area contributed by atoms with Crippen LogP contribution in [0.5, 0.6) is 0 Å². The van der Waals surface area contributed by atoms with E-state index in [1.165, 1.54) is 9.13 Å². The quantitative estimate of drug-likeness (QED) is 0.584. The van der Waals surface area contributed by atoms with E-state index in [1.54, 1.807) is 0 Å². The van der Waals surface area contributed by atoms with Crippen LogP contribution in [-0.2, 0) is 0 Å². The molecule has 0 spiro atoms. The molecular formula is C8H9IS. The fourth-order valence-corrected chi connectivity index (χ4v) is 1.27. The topological polar surface area (TPSA) is 0 Å². The molecule has 2 heteroatoms. The van der Waals surface area contributed by atoms with Gasteiger partial charge >= 0.3 is 0 Å². The second-order valence-electron chi connectivity index (χ2n) is 2.23. The maximum Gasteiger partial charge on any atom is 0.0238 e. The van der Waals surface area contributed by atoms with E-state index < -0.39 is 0 Å². The van der Waals surface area contributed by atoms with Crippen LogP contribution in [0.4, 0.5) is 0 Å². The van der Waals surface area contributed by atoms with Crippen molar-refractivity contribution in [1.29, 1.82) is 0 Å². The molecule has 0 N–H and O–H groups in total. The highest BCUT2D eigenvalue weighted by atomic mass is 127. The number of rotatable bonds is 1. The molecule has 0 amide bonds. The lowest BCUT2D eigenvalue weighted by atomic mass is 10.2. The van der Waals surface area contributed by atoms with Crippen molar-refractivity contribution in [1.82, 2.24) is 0 Å². The van der Waals surface area contributed by atoms with E-state index in [1.807, 2.05) is 0 Å². The standard InChI is InChI=1S/C8H9IS/c1-6(10)7-2-4-8(9)5-3-7/h2-6,10H,1H3. The first-order chi connectivity index (χ1) is 4.70. The molecule has 10 heavy (non-hydrogen) atoms. The van der Waals surface area contributed by atoms with Crippen LogP contribution in [0.3, 0.4) is 0 Å². The highest BCUT2D eigenvalue weighted by Crippen LogP contribution is 2.19. The highest BCUT2D eigenvalue weighted by molar-refractivity contribution is 14.1. The van der Waals surface area contributed by atoms with E-state index in [0.717, 1.165) is 0 Å². The summed E-state index contributed by atoms with van der Waals surface area (Å²) in [6.07, 6.45) is 0. The van der Waals surface area contributed by atoms with Gasteiger partial charge in [0.15, 0.2) is 0 Å². The highest BCUT2D eigenvalue weighted by Gasteiger charge is 1.96. The lowest BCUT2D eigenvalue weighted by Gasteiger charge is -2.02. The zero-order valence-corrected chi connectivity index (χ0v) is 8.76. The molecular weight excluding hydrogens is 255 g/mol. The summed E-state index contributed by atoms with van der Waals surface area (Å²) in [7, 11) is 0. The second-order valence-corrected chi connectivity index (χ2v) is 4.25. The molecule has 0 saturated carbocycles. The molecule has 1 unspecified atom stereocenters. The summed E-state index contributed by atoms with van der Waals surface area (Å²) in [6.45, 7) is 2.07. The monoisotopic (exact) mass is 264 g/mol. The van der Waals surface area contributed by atoms with Gasteiger partial charge in [-0.25, -0.2) is 0 Å². The molecule has 0 radical (unpaired) electrons. The Hall–Kier alpha value is 0.300. The Morgan fingerprint density at radius 1 is 1.30 bits per heavy atom. The number of hydrogen-bond donors (Lipinski definition) is 1. The van der Waals surface area contributed by atoms with Gasteiger partial charge in [0.25, 0.3) is 0 Å². The van der Waals surface area contributed by atoms with Gasteiger partial charge in [-0.05, 0) is 47.2 Å². The molecule has 1 aromatic rings. The van der Waals surface area contributed by atoms with E-state index in [9.17, 15) is 0 Å². The molecule has 1 atom stereocenters. The maximum absolute atomic E-state index is 4.32. The Bertz CT molecular complexity index is 203. The first-order valence-corrected chi connectivity index (χ1v) is 4.73. The lowest BCUT2D eigenvalue weighted by molar-refractivity contribution is 1.11. The van der Waals surface area contributed by atoms with Crippen molar-refractivity contribution in [2.75, 3.05) is 0 Å². The minimum absolute atomic E-state index is 0.344. The molecule has 54 valence electrons. The van der Waals surface area contributed by atoms with Crippen LogP contribution in [0.1, 0.15) is 17.7 Å². The smallest absolute Gasteiger partial charge is 0.0238 e. The first-order valence-electron chi connectivity index (χ1n) is 3.13. The van der Waals surface area contributed by atoms with Crippen LogP contribution in [0.25, 0.3) is 0 Å². The zero-order chi connectivity index (χ0) is 7.56. The van der Waals surface area contributed by atoms with Gasteiger partial charge in [-0.1, -0.05) is 12.1 Å². The zero-order valence-electron chi connectivity index (χ0n) is 5.71. The third-order valence-corrected chi connectivity index (χ3v) is 2.37. The van der Waals surface area contributed by atoms with E-state index in [2.05, 4.69) is 66.4 Å². The van der Waals surface area contributed by atoms with Crippen molar-refractivity contribution < 1.29 is 0 Å². The predicted molar refractivity (Wildman–Crippen MR) is 56.6 cm³/mol. The minimum Gasteiger partial charge on any atom is -0.171 e. The molecule has 0 aliphatic heterocycles. The van der Waals surface area contributed by atoms with E-state index in [4.69, 9.17) is 0 Å². The summed E-state index contributed by atoms with van der Waals surface area (Å²) in [5.41, 5.74) is 1.28. The van der Waals surface area contributed by atoms with Crippen LogP contribution in [0.2, 0.25) is 0 Å². The van der Waals surface area contributed by atoms with E-state index in [0.29, 0.717) is 5.25 Å². The van der Waals surface area contributed by atoms with Gasteiger partial charge in [-0.2, -0.15) is 12.6 Å². The molecule has 1 aromatic carbocycles. The van der Waals surface area contributed by atoms with Crippen LogP contribution in [0.15, 0.2) is 24.3 Å². The summed E-state index contributed by atoms with van der Waals surface area (Å²) < 4.78 is 1.27. The average Bonchev–Trinajstić information content (AvgIpc) is 1.88. The van der Waals surface area contributed by atoms with Gasteiger partial charge in [0.2, 0.25) is 0 Å². The van der Waals surface area contributed by atoms with Crippen LogP contribution in [0, 0.1) is 3.57 Å². The molecule has 0 bridgehead atoms. The fraction of sp³-hybridized carbons (Fsp3) is 0.250. The van der Waals surface area contributed by atoms with Crippen molar-refractivity contribution in [2.24, 2.45) is 0 Å². The normalized spacial score (nSPS) is 13.1. The minimum atomic E-state index is 0.344. The van der Waals surface area contributed by atoms with Crippen molar-refractivity contribution in [3.63, 3.8) is 0 Å². The molecule has 0 nitrogen and oxygen atoms in total. The van der Waals surface area contributed by atoms with Crippen LogP contribution >= 0.6 is 35.2 Å². The van der Waals surface area contributed by atoms with Gasteiger partial charge < -0.3 is 0 Å². The molecule has 1 rings (SSSR count). The fourth-order valence-electron chi connectivity index (χ4n) is 0.741. The Labute approximate surface area is 80.6 Å². The number of hydrogen-bond acceptors (Lipinski definition) is 1. The molecule has 0 aromatic heterocycles. The summed E-state index contributed by atoms with van der Waals surface area (Å²) in [5, 5.41) is 0.344. The van der Waals surface area contributed by atoms with Crippen molar-refractivity contribution in [3.05, 3.63) is 33.4 Å². The molecule has 0 fully saturated rings. The number of halogens is 1. The third-order valence-electron chi connectivity index (χ3n) is 1.35. The van der Waals surface area contributed by atoms with Crippen LogP contribution < -0.4 is 0 Å². The number of benzene rings is 1. The molecule has 0 aliphatic carbocycles. The van der Waals surface area contributed by atoms with Gasteiger partial charge in [0, 0.05) is 8.82 Å². The van der Waals surface area contributed by atoms with Gasteiger partial charge in [-0.15, -0.1) is 0 Å². The second kappa shape index (κ2) is 3.62. The van der Waals surface area contributed by atoms with Crippen molar-refractivity contribution in [3.8, 4) is 0 Å². The Morgan fingerprint density at radius 2 is 1.80 bits per heavy atom. The SMILES string of the molecule is CC(S)c1ccc(I)cc1. The first kappa shape index (κ1) is 8.40. The van der Waals surface area contributed by atoms with Gasteiger partial charge in [-0.3, -0.25) is 0 Å². The third kappa shape index (κ3) is 2.16. The summed E-state index contributed by atoms with van der Waals surface area (Å²) in [6, 6.07) is 8.42. The Kier molecular flexibility index (Phi) is 3.04. The number of thiol groups is 1. The average molecular weight is 264 g/mol. The van der Waals surface area contributed by atoms with E-state index >= 15 is 0 Å². The predicted octanol–water partition coefficient (Wildman–Crippen LogP) is 3.28. The molecule has 0 saturated heterocycles. The summed E-state index contributed by atoms with van der Waals surface area (Å²) >= 11 is 6.61. The molecule has 0 heterocycles. The largest absolute Gasteiger partial charge is 0.171 e. The van der Waals surface area contributed by atoms with Gasteiger partial charge in [0.05, 0.1) is 0 Å². The Balaban J connectivity index is 2.89. The van der Waals surface area contributed by atoms with E-state index in [-0.39, 0.29) is 0 Å². The maximum atomic E-state index is 4.32. The van der Waals surface area contributed by atoms with Gasteiger partial charge in [0.1, 0.15) is 0 Å². The van der Waals surface area contributed by atoms with Crippen molar-refractivity contribution in [2.45, 2.75) is 12.2 Å². The van der Waals surface area contributed by atoms with Crippen molar-refractivity contribution >= 4 is 35.2 Å². The summed E-state index contributed by atoms with van der Waals surface area (Å²) in [4.78, 5) is 0. The molecule has 0 aliphatic rings. The van der Waals surface area contributed by atoms with Crippen LogP contribution in [-0.4, -0.2) is 0 Å². The summed E-state index contributed by atoms with van der Waals surface area (Å²) in [5.74, 6) is 0.